The van der Waals surface area contributed by atoms with E-state index in [2.05, 4.69) is 0 Å². The van der Waals surface area contributed by atoms with Crippen LogP contribution in [0.15, 0.2) is 36.4 Å². The van der Waals surface area contributed by atoms with Crippen molar-refractivity contribution in [3.05, 3.63) is 47.5 Å². The standard InChI is InChI=1S/C17H18O6/c1-22-15-8-10(6-7-13(15)19)12(9-18)16(21)11-4-3-5-14(20)17(11)23-2/h3-8,12,18-20H,9H2,1-2H3. The third-order valence-electron chi connectivity index (χ3n) is 3.57. The molecule has 3 N–H and O–H groups in total. The van der Waals surface area contributed by atoms with Crippen molar-refractivity contribution in [1.29, 1.82) is 0 Å². The lowest BCUT2D eigenvalue weighted by Gasteiger charge is -2.17. The molecular formula is C17H18O6. The molecule has 6 heteroatoms. The average molecular weight is 318 g/mol. The van der Waals surface area contributed by atoms with E-state index in [9.17, 15) is 20.1 Å². The van der Waals surface area contributed by atoms with Gasteiger partial charge in [-0.25, -0.2) is 0 Å². The molecule has 0 fully saturated rings. The number of carbonyl (C=O) groups excluding carboxylic acids is 1. The zero-order valence-electron chi connectivity index (χ0n) is 12.8. The van der Waals surface area contributed by atoms with E-state index in [1.165, 1.54) is 50.6 Å². The highest BCUT2D eigenvalue weighted by Gasteiger charge is 2.26. The Balaban J connectivity index is 2.46. The van der Waals surface area contributed by atoms with Gasteiger partial charge in [0, 0.05) is 0 Å². The van der Waals surface area contributed by atoms with Gasteiger partial charge in [-0.05, 0) is 29.8 Å². The average Bonchev–Trinajstić information content (AvgIpc) is 2.56. The summed E-state index contributed by atoms with van der Waals surface area (Å²) in [5.74, 6) is -1.24. The smallest absolute Gasteiger partial charge is 0.176 e. The van der Waals surface area contributed by atoms with Gasteiger partial charge < -0.3 is 24.8 Å². The molecule has 6 nitrogen and oxygen atoms in total. The molecule has 0 aliphatic carbocycles. The molecule has 0 saturated heterocycles. The Bertz CT molecular complexity index is 710. The molecule has 2 aromatic carbocycles. The first-order valence-electron chi connectivity index (χ1n) is 6.91. The quantitative estimate of drug-likeness (QED) is 0.706. The largest absolute Gasteiger partial charge is 0.504 e. The maximum Gasteiger partial charge on any atom is 0.176 e. The zero-order chi connectivity index (χ0) is 17.0. The Hall–Kier alpha value is -2.73. The first-order valence-corrected chi connectivity index (χ1v) is 6.91. The lowest BCUT2D eigenvalue weighted by Crippen LogP contribution is -2.17. The van der Waals surface area contributed by atoms with Crippen LogP contribution in [0.4, 0.5) is 0 Å². The van der Waals surface area contributed by atoms with Gasteiger partial charge in [0.1, 0.15) is 0 Å². The number of phenolic OH excluding ortho intramolecular Hbond substituents is 2. The monoisotopic (exact) mass is 318 g/mol. The summed E-state index contributed by atoms with van der Waals surface area (Å²) in [4.78, 5) is 12.7. The molecule has 122 valence electrons. The van der Waals surface area contributed by atoms with E-state index in [0.29, 0.717) is 5.56 Å². The fourth-order valence-corrected chi connectivity index (χ4v) is 2.37. The number of aliphatic hydroxyl groups is 1. The zero-order valence-corrected chi connectivity index (χ0v) is 12.8. The SMILES string of the molecule is COc1cc(C(CO)C(=O)c2cccc(O)c2OC)ccc1O. The third-order valence-corrected chi connectivity index (χ3v) is 3.57. The van der Waals surface area contributed by atoms with Gasteiger partial charge in [0.05, 0.1) is 32.3 Å². The predicted molar refractivity (Wildman–Crippen MR) is 83.5 cm³/mol. The molecule has 2 rings (SSSR count). The fourth-order valence-electron chi connectivity index (χ4n) is 2.37. The van der Waals surface area contributed by atoms with E-state index >= 15 is 0 Å². The molecular weight excluding hydrogens is 300 g/mol. The maximum absolute atomic E-state index is 12.7. The van der Waals surface area contributed by atoms with E-state index in [1.54, 1.807) is 0 Å². The van der Waals surface area contributed by atoms with E-state index in [1.807, 2.05) is 0 Å². The number of para-hydroxylation sites is 1. The topological polar surface area (TPSA) is 96.2 Å². The molecule has 2 aromatic rings. The number of carbonyl (C=O) groups is 1. The van der Waals surface area contributed by atoms with E-state index in [0.717, 1.165) is 0 Å². The minimum atomic E-state index is -0.875. The molecule has 1 unspecified atom stereocenters. The normalized spacial score (nSPS) is 11.8. The summed E-state index contributed by atoms with van der Waals surface area (Å²) in [5.41, 5.74) is 0.649. The molecule has 0 aliphatic heterocycles. The van der Waals surface area contributed by atoms with Crippen LogP contribution >= 0.6 is 0 Å². The van der Waals surface area contributed by atoms with Gasteiger partial charge in [0.25, 0.3) is 0 Å². The highest BCUT2D eigenvalue weighted by molar-refractivity contribution is 6.04. The van der Waals surface area contributed by atoms with Gasteiger partial charge >= 0.3 is 0 Å². The van der Waals surface area contributed by atoms with Crippen LogP contribution in [0.5, 0.6) is 23.0 Å². The summed E-state index contributed by atoms with van der Waals surface area (Å²) in [6.45, 7) is -0.439. The number of methoxy groups -OCH3 is 2. The molecule has 0 radical (unpaired) electrons. The Morgan fingerprint density at radius 1 is 1.09 bits per heavy atom. The third kappa shape index (κ3) is 3.22. The summed E-state index contributed by atoms with van der Waals surface area (Å²) in [5, 5.41) is 29.1. The van der Waals surface area contributed by atoms with Crippen LogP contribution in [0, 0.1) is 0 Å². The van der Waals surface area contributed by atoms with E-state index in [4.69, 9.17) is 9.47 Å². The highest BCUT2D eigenvalue weighted by Crippen LogP contribution is 2.35. The lowest BCUT2D eigenvalue weighted by atomic mass is 9.90. The maximum atomic E-state index is 12.7. The summed E-state index contributed by atoms with van der Waals surface area (Å²) in [6, 6.07) is 8.87. The summed E-state index contributed by atoms with van der Waals surface area (Å²) in [6.07, 6.45) is 0. The van der Waals surface area contributed by atoms with Gasteiger partial charge in [-0.3, -0.25) is 4.79 Å². The van der Waals surface area contributed by atoms with Gasteiger partial charge in [0.2, 0.25) is 0 Å². The second-order valence-electron chi connectivity index (χ2n) is 4.89. The molecule has 0 amide bonds. The predicted octanol–water partition coefficient (Wildman–Crippen LogP) is 2.07. The van der Waals surface area contributed by atoms with Crippen LogP contribution in [-0.4, -0.2) is 41.9 Å². The summed E-state index contributed by atoms with van der Waals surface area (Å²) < 4.78 is 10.1. The Labute approximate surface area is 133 Å². The second-order valence-corrected chi connectivity index (χ2v) is 4.89. The minimum absolute atomic E-state index is 0.0571. The van der Waals surface area contributed by atoms with Crippen molar-refractivity contribution in [2.75, 3.05) is 20.8 Å². The number of hydrogen-bond donors (Lipinski definition) is 3. The Kier molecular flexibility index (Phi) is 5.08. The number of aliphatic hydroxyl groups excluding tert-OH is 1. The molecule has 23 heavy (non-hydrogen) atoms. The first kappa shape index (κ1) is 16.6. The number of ether oxygens (including phenoxy) is 2. The molecule has 0 spiro atoms. The fraction of sp³-hybridized carbons (Fsp3) is 0.235. The van der Waals surface area contributed by atoms with E-state index in [-0.39, 0.29) is 28.6 Å². The van der Waals surface area contributed by atoms with Crippen molar-refractivity contribution in [3.8, 4) is 23.0 Å². The number of ketones is 1. The molecule has 0 bridgehead atoms. The number of phenols is 2. The summed E-state index contributed by atoms with van der Waals surface area (Å²) in [7, 11) is 2.75. The molecule has 0 aliphatic rings. The van der Waals surface area contributed by atoms with Crippen LogP contribution in [0.2, 0.25) is 0 Å². The number of rotatable bonds is 6. The van der Waals surface area contributed by atoms with Crippen molar-refractivity contribution >= 4 is 5.78 Å². The van der Waals surface area contributed by atoms with Crippen LogP contribution in [0.3, 0.4) is 0 Å². The first-order chi connectivity index (χ1) is 11.0. The van der Waals surface area contributed by atoms with Crippen LogP contribution < -0.4 is 9.47 Å². The van der Waals surface area contributed by atoms with Crippen molar-refractivity contribution in [3.63, 3.8) is 0 Å². The number of hydrogen-bond acceptors (Lipinski definition) is 6. The van der Waals surface area contributed by atoms with Crippen molar-refractivity contribution < 1.29 is 29.6 Å². The molecule has 0 heterocycles. The molecule has 0 aromatic heterocycles. The van der Waals surface area contributed by atoms with Crippen molar-refractivity contribution in [1.82, 2.24) is 0 Å². The Morgan fingerprint density at radius 2 is 1.83 bits per heavy atom. The Morgan fingerprint density at radius 3 is 2.43 bits per heavy atom. The van der Waals surface area contributed by atoms with Gasteiger partial charge in [0.15, 0.2) is 28.8 Å². The van der Waals surface area contributed by atoms with Crippen molar-refractivity contribution in [2.45, 2.75) is 5.92 Å². The highest BCUT2D eigenvalue weighted by atomic mass is 16.5. The molecule has 1 atom stereocenters. The van der Waals surface area contributed by atoms with Crippen molar-refractivity contribution in [2.24, 2.45) is 0 Å². The number of Topliss-reactive ketones (excluding diaryl/α,β-unsaturated/α-hetero) is 1. The van der Waals surface area contributed by atoms with Crippen LogP contribution in [0.25, 0.3) is 0 Å². The summed E-state index contributed by atoms with van der Waals surface area (Å²) >= 11 is 0. The number of aromatic hydroxyl groups is 2. The lowest BCUT2D eigenvalue weighted by molar-refractivity contribution is 0.0918. The van der Waals surface area contributed by atoms with Gasteiger partial charge in [-0.2, -0.15) is 0 Å². The van der Waals surface area contributed by atoms with Crippen LogP contribution in [0.1, 0.15) is 21.8 Å². The van der Waals surface area contributed by atoms with E-state index < -0.39 is 18.3 Å². The molecule has 0 saturated carbocycles. The van der Waals surface area contributed by atoms with Crippen LogP contribution in [-0.2, 0) is 0 Å². The van der Waals surface area contributed by atoms with Gasteiger partial charge in [-0.1, -0.05) is 12.1 Å². The second kappa shape index (κ2) is 7.02. The number of benzene rings is 2. The van der Waals surface area contributed by atoms with Gasteiger partial charge in [-0.15, -0.1) is 0 Å². The minimum Gasteiger partial charge on any atom is -0.504 e.